The second-order valence-electron chi connectivity index (χ2n) is 6.47. The zero-order valence-electron chi connectivity index (χ0n) is 19.7. The van der Waals surface area contributed by atoms with Gasteiger partial charge in [0.25, 0.3) is 5.78 Å². The molecule has 0 heterocycles. The molecule has 0 amide bonds. The Bertz CT molecular complexity index is 914. The van der Waals surface area contributed by atoms with E-state index < -0.39 is 30.6 Å². The van der Waals surface area contributed by atoms with Crippen LogP contribution in [0.2, 0.25) is 0 Å². The van der Waals surface area contributed by atoms with Gasteiger partial charge in [-0.1, -0.05) is 0 Å². The third-order valence-electron chi connectivity index (χ3n) is 4.52. The SMILES string of the molecule is COc1cc(OCC(=O)C(=O)C(=O)COc2cc(OC)c(OC)c(OC)c2)cc(OC)c1OC. The van der Waals surface area contributed by atoms with Crippen molar-refractivity contribution in [2.24, 2.45) is 0 Å². The van der Waals surface area contributed by atoms with Gasteiger partial charge in [0.15, 0.2) is 36.2 Å². The van der Waals surface area contributed by atoms with Crippen molar-refractivity contribution >= 4 is 17.3 Å². The first-order valence-corrected chi connectivity index (χ1v) is 9.79. The molecule has 0 aliphatic carbocycles. The first-order chi connectivity index (χ1) is 16.3. The summed E-state index contributed by atoms with van der Waals surface area (Å²) >= 11 is 0. The summed E-state index contributed by atoms with van der Waals surface area (Å²) in [5.41, 5.74) is 0. The Morgan fingerprint density at radius 1 is 0.529 bits per heavy atom. The molecule has 0 N–H and O–H groups in total. The Labute approximate surface area is 196 Å². The lowest BCUT2D eigenvalue weighted by Gasteiger charge is -2.14. The van der Waals surface area contributed by atoms with Crippen LogP contribution < -0.4 is 37.9 Å². The Balaban J connectivity index is 2.02. The van der Waals surface area contributed by atoms with E-state index in [1.165, 1.54) is 66.9 Å². The monoisotopic (exact) mass is 478 g/mol. The van der Waals surface area contributed by atoms with Crippen LogP contribution in [0.25, 0.3) is 0 Å². The Hall–Kier alpha value is -4.15. The van der Waals surface area contributed by atoms with Crippen LogP contribution in [0.4, 0.5) is 0 Å². The molecule has 34 heavy (non-hydrogen) atoms. The molecule has 0 aliphatic rings. The van der Waals surface area contributed by atoms with Crippen LogP contribution >= 0.6 is 0 Å². The van der Waals surface area contributed by atoms with E-state index in [2.05, 4.69) is 0 Å². The zero-order chi connectivity index (χ0) is 25.3. The molecule has 0 bridgehead atoms. The average molecular weight is 478 g/mol. The molecule has 2 aromatic rings. The third-order valence-corrected chi connectivity index (χ3v) is 4.52. The minimum Gasteiger partial charge on any atom is -0.493 e. The molecule has 11 nitrogen and oxygen atoms in total. The summed E-state index contributed by atoms with van der Waals surface area (Å²) in [6, 6.07) is 5.81. The summed E-state index contributed by atoms with van der Waals surface area (Å²) in [5.74, 6) is -1.16. The molecule has 0 aliphatic heterocycles. The van der Waals surface area contributed by atoms with E-state index in [1.807, 2.05) is 0 Å². The van der Waals surface area contributed by atoms with Crippen LogP contribution in [0.1, 0.15) is 0 Å². The number of carbonyl (C=O) groups is 3. The van der Waals surface area contributed by atoms with E-state index in [1.54, 1.807) is 0 Å². The van der Waals surface area contributed by atoms with E-state index in [9.17, 15) is 14.4 Å². The summed E-state index contributed by atoms with van der Waals surface area (Å²) in [5, 5.41) is 0. The predicted molar refractivity (Wildman–Crippen MR) is 118 cm³/mol. The highest BCUT2D eigenvalue weighted by atomic mass is 16.5. The minimum atomic E-state index is -1.26. The van der Waals surface area contributed by atoms with Gasteiger partial charge in [-0.15, -0.1) is 0 Å². The molecule has 0 aromatic heterocycles. The fraction of sp³-hybridized carbons (Fsp3) is 0.348. The van der Waals surface area contributed by atoms with Gasteiger partial charge in [0, 0.05) is 24.3 Å². The maximum absolute atomic E-state index is 12.2. The molecule has 2 aromatic carbocycles. The van der Waals surface area contributed by atoms with Crippen molar-refractivity contribution < 1.29 is 52.3 Å². The Morgan fingerprint density at radius 3 is 1.06 bits per heavy atom. The number of hydrogen-bond donors (Lipinski definition) is 0. The van der Waals surface area contributed by atoms with E-state index in [0.29, 0.717) is 34.5 Å². The fourth-order valence-corrected chi connectivity index (χ4v) is 2.87. The van der Waals surface area contributed by atoms with Crippen molar-refractivity contribution in [3.8, 4) is 46.0 Å². The van der Waals surface area contributed by atoms with Crippen LogP contribution in [0, 0.1) is 0 Å². The lowest BCUT2D eigenvalue weighted by Crippen LogP contribution is -2.32. The standard InChI is InChI=1S/C23H26O11/c1-27-17-7-13(8-18(28-2)22(17)31-5)33-11-15(24)21(26)16(25)12-34-14-9-19(29-3)23(32-6)20(10-14)30-4/h7-10H,11-12H2,1-6H3. The summed E-state index contributed by atoms with van der Waals surface area (Å²) in [7, 11) is 8.55. The Morgan fingerprint density at radius 2 is 0.824 bits per heavy atom. The van der Waals surface area contributed by atoms with Crippen molar-refractivity contribution in [2.75, 3.05) is 55.9 Å². The van der Waals surface area contributed by atoms with Gasteiger partial charge in [0.2, 0.25) is 23.1 Å². The molecular formula is C23H26O11. The molecule has 0 unspecified atom stereocenters. The number of rotatable bonds is 14. The number of ketones is 3. The first-order valence-electron chi connectivity index (χ1n) is 9.79. The number of Topliss-reactive ketones (excluding diaryl/α,β-unsaturated/α-hetero) is 3. The van der Waals surface area contributed by atoms with E-state index in [0.717, 1.165) is 0 Å². The molecule has 0 atom stereocenters. The second kappa shape index (κ2) is 12.2. The molecule has 2 rings (SSSR count). The highest BCUT2D eigenvalue weighted by molar-refractivity contribution is 6.64. The highest BCUT2D eigenvalue weighted by Crippen LogP contribution is 2.41. The van der Waals surface area contributed by atoms with Gasteiger partial charge in [-0.05, 0) is 0 Å². The quantitative estimate of drug-likeness (QED) is 0.292. The van der Waals surface area contributed by atoms with E-state index in [-0.39, 0.29) is 11.5 Å². The number of hydrogen-bond acceptors (Lipinski definition) is 11. The first kappa shape index (κ1) is 26.1. The normalized spacial score (nSPS) is 10.1. The summed E-state index contributed by atoms with van der Waals surface area (Å²) in [6.07, 6.45) is 0. The molecule has 0 fully saturated rings. The van der Waals surface area contributed by atoms with Crippen molar-refractivity contribution in [3.05, 3.63) is 24.3 Å². The summed E-state index contributed by atoms with van der Waals surface area (Å²) in [6.45, 7) is -1.35. The molecule has 11 heteroatoms. The number of ether oxygens (including phenoxy) is 8. The summed E-state index contributed by atoms with van der Waals surface area (Å²) < 4.78 is 41.9. The Kier molecular flexibility index (Phi) is 9.36. The van der Waals surface area contributed by atoms with Crippen molar-refractivity contribution in [1.82, 2.24) is 0 Å². The van der Waals surface area contributed by atoms with Gasteiger partial charge in [-0.25, -0.2) is 0 Å². The van der Waals surface area contributed by atoms with Crippen LogP contribution in [0.5, 0.6) is 46.0 Å². The maximum atomic E-state index is 12.2. The second-order valence-corrected chi connectivity index (χ2v) is 6.47. The van der Waals surface area contributed by atoms with Crippen LogP contribution in [-0.4, -0.2) is 73.2 Å². The van der Waals surface area contributed by atoms with Gasteiger partial charge in [0.1, 0.15) is 11.5 Å². The number of benzene rings is 2. The maximum Gasteiger partial charge on any atom is 0.271 e. The smallest absolute Gasteiger partial charge is 0.271 e. The fourth-order valence-electron chi connectivity index (χ4n) is 2.87. The van der Waals surface area contributed by atoms with Crippen LogP contribution in [0.15, 0.2) is 24.3 Å². The van der Waals surface area contributed by atoms with Gasteiger partial charge < -0.3 is 37.9 Å². The van der Waals surface area contributed by atoms with Crippen molar-refractivity contribution in [1.29, 1.82) is 0 Å². The van der Waals surface area contributed by atoms with Gasteiger partial charge >= 0.3 is 0 Å². The van der Waals surface area contributed by atoms with Gasteiger partial charge in [0.05, 0.1) is 42.7 Å². The van der Waals surface area contributed by atoms with E-state index in [4.69, 9.17) is 37.9 Å². The van der Waals surface area contributed by atoms with Crippen molar-refractivity contribution in [3.63, 3.8) is 0 Å². The third kappa shape index (κ3) is 6.00. The predicted octanol–water partition coefficient (Wildman–Crippen LogP) is 1.90. The number of methoxy groups -OCH3 is 6. The number of carbonyl (C=O) groups excluding carboxylic acids is 3. The minimum absolute atomic E-state index is 0.178. The van der Waals surface area contributed by atoms with Crippen LogP contribution in [-0.2, 0) is 14.4 Å². The van der Waals surface area contributed by atoms with E-state index >= 15 is 0 Å². The summed E-state index contributed by atoms with van der Waals surface area (Å²) in [4.78, 5) is 36.6. The molecular weight excluding hydrogens is 452 g/mol. The largest absolute Gasteiger partial charge is 0.493 e. The molecule has 0 spiro atoms. The lowest BCUT2D eigenvalue weighted by molar-refractivity contribution is -0.145. The average Bonchev–Trinajstić information content (AvgIpc) is 2.87. The van der Waals surface area contributed by atoms with Gasteiger partial charge in [-0.2, -0.15) is 0 Å². The highest BCUT2D eigenvalue weighted by Gasteiger charge is 2.25. The molecule has 0 saturated carbocycles. The molecule has 0 radical (unpaired) electrons. The van der Waals surface area contributed by atoms with Crippen LogP contribution in [0.3, 0.4) is 0 Å². The van der Waals surface area contributed by atoms with Gasteiger partial charge in [-0.3, -0.25) is 14.4 Å². The topological polar surface area (TPSA) is 125 Å². The zero-order valence-corrected chi connectivity index (χ0v) is 19.7. The van der Waals surface area contributed by atoms with Crippen molar-refractivity contribution in [2.45, 2.75) is 0 Å². The molecule has 0 saturated heterocycles. The molecule has 184 valence electrons. The lowest BCUT2D eigenvalue weighted by atomic mass is 10.2.